The Morgan fingerprint density at radius 1 is 0.680 bits per heavy atom. The Hall–Kier alpha value is -3.43. The molecule has 2 aliphatic rings. The van der Waals surface area contributed by atoms with Crippen LogP contribution in [0.1, 0.15) is 142 Å². The van der Waals surface area contributed by atoms with Crippen LogP contribution in [0.15, 0.2) is 48.5 Å². The maximum Gasteiger partial charge on any atom is 0.310 e. The van der Waals surface area contributed by atoms with Crippen molar-refractivity contribution in [1.82, 2.24) is 10.6 Å². The Kier molecular flexibility index (Phi) is 13.3. The van der Waals surface area contributed by atoms with Crippen molar-refractivity contribution in [2.45, 2.75) is 148 Å². The fourth-order valence-corrected chi connectivity index (χ4v) is 9.25. The second-order valence-corrected chi connectivity index (χ2v) is 17.4. The molecule has 0 saturated carbocycles. The zero-order chi connectivity index (χ0) is 37.5. The minimum atomic E-state index is -0.756. The molecular formula is C41H62N2O7. The fraction of sp³-hybridized carbons (Fsp3) is 0.634. The Balaban J connectivity index is 0.000000349. The number of nitrogens with one attached hydrogen (secondary N) is 2. The number of unbranched alkanes of at least 4 members (excludes halogenated alkanes) is 4. The Bertz CT molecular complexity index is 1390. The zero-order valence-electron chi connectivity index (χ0n) is 31.6. The molecule has 0 aliphatic carbocycles. The maximum absolute atomic E-state index is 13.4. The molecule has 0 amide bonds. The molecule has 0 bridgehead atoms. The average Bonchev–Trinajstić information content (AvgIpc) is 2.95. The predicted octanol–water partition coefficient (Wildman–Crippen LogP) is 8.32. The van der Waals surface area contributed by atoms with E-state index in [-0.39, 0.29) is 63.3 Å². The topological polar surface area (TPSA) is 156 Å². The SMILES string of the molecule is CC1(C)CC(C(CCCCCCCC(=O)O)(C(=O)O)C2CC(C)(C)NC(C)(C)C2)CC(C)(C)N1.O=C(c1ccccc1)c1ccc(O)cc1O. The van der Waals surface area contributed by atoms with Crippen LogP contribution in [-0.4, -0.2) is 60.3 Å². The number of hydrogen-bond acceptors (Lipinski definition) is 7. The summed E-state index contributed by atoms with van der Waals surface area (Å²) in [5.74, 6) is -1.68. The number of benzene rings is 2. The van der Waals surface area contributed by atoms with Gasteiger partial charge in [0.05, 0.1) is 11.0 Å². The van der Waals surface area contributed by atoms with Crippen LogP contribution in [0.25, 0.3) is 0 Å². The minimum absolute atomic E-state index is 0.0675. The normalized spacial score (nSPS) is 19.9. The monoisotopic (exact) mass is 694 g/mol. The maximum atomic E-state index is 13.4. The van der Waals surface area contributed by atoms with E-state index in [1.807, 2.05) is 6.07 Å². The van der Waals surface area contributed by atoms with Crippen molar-refractivity contribution in [2.24, 2.45) is 17.3 Å². The van der Waals surface area contributed by atoms with Gasteiger partial charge in [-0.15, -0.1) is 0 Å². The van der Waals surface area contributed by atoms with Crippen LogP contribution < -0.4 is 10.6 Å². The number of phenolic OH excluding ortho intramolecular Hbond substituents is 2. The summed E-state index contributed by atoms with van der Waals surface area (Å²) in [5, 5.41) is 46.0. The molecule has 0 spiro atoms. The van der Waals surface area contributed by atoms with Crippen LogP contribution in [0.3, 0.4) is 0 Å². The quantitative estimate of drug-likeness (QED) is 0.0897. The molecule has 9 heteroatoms. The van der Waals surface area contributed by atoms with Crippen molar-refractivity contribution in [1.29, 1.82) is 0 Å². The molecule has 278 valence electrons. The highest BCUT2D eigenvalue weighted by Crippen LogP contribution is 2.55. The van der Waals surface area contributed by atoms with Crippen LogP contribution in [0, 0.1) is 17.3 Å². The third-order valence-electron chi connectivity index (χ3n) is 10.5. The number of phenols is 2. The Labute approximate surface area is 299 Å². The molecule has 9 nitrogen and oxygen atoms in total. The molecule has 0 aromatic heterocycles. The van der Waals surface area contributed by atoms with E-state index in [1.165, 1.54) is 12.1 Å². The minimum Gasteiger partial charge on any atom is -0.508 e. The largest absolute Gasteiger partial charge is 0.508 e. The molecule has 50 heavy (non-hydrogen) atoms. The van der Waals surface area contributed by atoms with E-state index < -0.39 is 17.4 Å². The van der Waals surface area contributed by atoms with Crippen molar-refractivity contribution < 1.29 is 34.8 Å². The van der Waals surface area contributed by atoms with Gasteiger partial charge >= 0.3 is 11.9 Å². The molecule has 6 N–H and O–H groups in total. The first-order valence-corrected chi connectivity index (χ1v) is 18.2. The first-order chi connectivity index (χ1) is 23.1. The van der Waals surface area contributed by atoms with E-state index in [2.05, 4.69) is 66.0 Å². The number of aliphatic carboxylic acids is 2. The van der Waals surface area contributed by atoms with Crippen molar-refractivity contribution >= 4 is 17.7 Å². The Morgan fingerprint density at radius 3 is 1.58 bits per heavy atom. The van der Waals surface area contributed by atoms with Crippen LogP contribution >= 0.6 is 0 Å². The van der Waals surface area contributed by atoms with Crippen LogP contribution in [0.2, 0.25) is 0 Å². The molecular weight excluding hydrogens is 632 g/mol. The highest BCUT2D eigenvalue weighted by molar-refractivity contribution is 6.10. The fourth-order valence-electron chi connectivity index (χ4n) is 9.25. The summed E-state index contributed by atoms with van der Waals surface area (Å²) in [6.07, 6.45) is 8.80. The van der Waals surface area contributed by atoms with E-state index in [0.29, 0.717) is 18.4 Å². The number of carbonyl (C=O) groups excluding carboxylic acids is 1. The van der Waals surface area contributed by atoms with Gasteiger partial charge in [-0.25, -0.2) is 0 Å². The lowest BCUT2D eigenvalue weighted by molar-refractivity contribution is -0.166. The highest BCUT2D eigenvalue weighted by atomic mass is 16.4. The van der Waals surface area contributed by atoms with Crippen LogP contribution in [-0.2, 0) is 9.59 Å². The molecule has 2 aromatic rings. The lowest BCUT2D eigenvalue weighted by Crippen LogP contribution is -2.65. The van der Waals surface area contributed by atoms with Gasteiger partial charge in [0, 0.05) is 40.2 Å². The number of carboxylic acids is 2. The van der Waals surface area contributed by atoms with Crippen LogP contribution in [0.4, 0.5) is 0 Å². The van der Waals surface area contributed by atoms with Gasteiger partial charge in [-0.2, -0.15) is 0 Å². The smallest absolute Gasteiger partial charge is 0.310 e. The third-order valence-corrected chi connectivity index (χ3v) is 10.5. The predicted molar refractivity (Wildman–Crippen MR) is 198 cm³/mol. The number of rotatable bonds is 13. The number of carbonyl (C=O) groups is 3. The second kappa shape index (κ2) is 16.3. The van der Waals surface area contributed by atoms with Gasteiger partial charge in [0.15, 0.2) is 5.78 Å². The highest BCUT2D eigenvalue weighted by Gasteiger charge is 2.58. The van der Waals surface area contributed by atoms with E-state index in [0.717, 1.165) is 57.4 Å². The number of aromatic hydroxyl groups is 2. The van der Waals surface area contributed by atoms with Gasteiger partial charge in [0.2, 0.25) is 0 Å². The first-order valence-electron chi connectivity index (χ1n) is 18.2. The molecule has 4 rings (SSSR count). The summed E-state index contributed by atoms with van der Waals surface area (Å²) in [7, 11) is 0. The molecule has 2 fully saturated rings. The van der Waals surface area contributed by atoms with Crippen molar-refractivity contribution in [3.05, 3.63) is 59.7 Å². The number of piperidine rings is 2. The van der Waals surface area contributed by atoms with E-state index in [1.54, 1.807) is 24.3 Å². The summed E-state index contributed by atoms with van der Waals surface area (Å²) >= 11 is 0. The summed E-state index contributed by atoms with van der Waals surface area (Å²) in [6.45, 7) is 17.7. The third kappa shape index (κ3) is 11.3. The molecule has 2 aliphatic heterocycles. The van der Waals surface area contributed by atoms with Gasteiger partial charge in [0.1, 0.15) is 11.5 Å². The van der Waals surface area contributed by atoms with E-state index in [4.69, 9.17) is 10.2 Å². The van der Waals surface area contributed by atoms with Gasteiger partial charge < -0.3 is 31.1 Å². The van der Waals surface area contributed by atoms with Crippen molar-refractivity contribution in [3.8, 4) is 11.5 Å². The number of carboxylic acid groups (broad SMARTS) is 2. The standard InChI is InChI=1S/C28H52N2O4.C13H10O3/c1-24(2)16-20(17-25(3,4)29-24)28(23(33)34,15-13-11-9-10-12-14-22(31)32)21-18-26(5,6)30-27(7,8)19-21;14-10-6-7-11(12(15)8-10)13(16)9-4-2-1-3-5-9/h20-21,29-30H,9-19H2,1-8H3,(H,31,32)(H,33,34);1-8,14-15H. The molecule has 2 saturated heterocycles. The summed E-state index contributed by atoms with van der Waals surface area (Å²) in [4.78, 5) is 36.1. The Morgan fingerprint density at radius 2 is 1.14 bits per heavy atom. The van der Waals surface area contributed by atoms with Gasteiger partial charge in [-0.1, -0.05) is 56.0 Å². The lowest BCUT2D eigenvalue weighted by atomic mass is 9.52. The second-order valence-electron chi connectivity index (χ2n) is 17.4. The molecule has 0 atom stereocenters. The van der Waals surface area contributed by atoms with Gasteiger partial charge in [0.25, 0.3) is 0 Å². The lowest BCUT2D eigenvalue weighted by Gasteiger charge is -2.57. The molecule has 2 aromatic carbocycles. The summed E-state index contributed by atoms with van der Waals surface area (Å²) in [5.41, 5.74) is -0.505. The van der Waals surface area contributed by atoms with Gasteiger partial charge in [-0.3, -0.25) is 14.4 Å². The van der Waals surface area contributed by atoms with Crippen LogP contribution in [0.5, 0.6) is 11.5 Å². The van der Waals surface area contributed by atoms with E-state index >= 15 is 0 Å². The molecule has 0 unspecified atom stereocenters. The van der Waals surface area contributed by atoms with Gasteiger partial charge in [-0.05, 0) is 118 Å². The summed E-state index contributed by atoms with van der Waals surface area (Å²) < 4.78 is 0. The number of ketones is 1. The van der Waals surface area contributed by atoms with Crippen molar-refractivity contribution in [2.75, 3.05) is 0 Å². The average molecular weight is 695 g/mol. The number of hydrogen-bond donors (Lipinski definition) is 6. The first kappa shape index (κ1) is 41.0. The molecule has 0 radical (unpaired) electrons. The van der Waals surface area contributed by atoms with E-state index in [9.17, 15) is 24.6 Å². The zero-order valence-corrected chi connectivity index (χ0v) is 31.6. The molecule has 2 heterocycles. The van der Waals surface area contributed by atoms with Crippen molar-refractivity contribution in [3.63, 3.8) is 0 Å². The summed E-state index contributed by atoms with van der Waals surface area (Å²) in [6, 6.07) is 12.6.